The lowest BCUT2D eigenvalue weighted by Crippen LogP contribution is -2.43. The van der Waals surface area contributed by atoms with Crippen LogP contribution in [0.3, 0.4) is 0 Å². The summed E-state index contributed by atoms with van der Waals surface area (Å²) in [4.78, 5) is 28.3. The van der Waals surface area contributed by atoms with Crippen LogP contribution in [0, 0.1) is 5.92 Å². The second-order valence-electron chi connectivity index (χ2n) is 5.18. The number of piperidine rings is 1. The van der Waals surface area contributed by atoms with E-state index in [1.807, 2.05) is 0 Å². The quantitative estimate of drug-likeness (QED) is 0.767. The molecule has 0 radical (unpaired) electrons. The molecule has 0 aliphatic carbocycles. The number of carbonyl (C=O) groups is 2. The van der Waals surface area contributed by atoms with E-state index in [0.717, 1.165) is 12.8 Å². The molecular formula is C14H19N3O4. The Labute approximate surface area is 122 Å². The van der Waals surface area contributed by atoms with Crippen LogP contribution >= 0.6 is 0 Å². The molecular weight excluding hydrogens is 274 g/mol. The third-order valence-electron chi connectivity index (χ3n) is 3.47. The number of nitrogens with zero attached hydrogens (tertiary/aromatic N) is 2. The fourth-order valence-corrected chi connectivity index (χ4v) is 2.36. The molecule has 1 unspecified atom stereocenters. The lowest BCUT2D eigenvalue weighted by molar-refractivity contribution is -0.136. The van der Waals surface area contributed by atoms with Crippen molar-refractivity contribution in [2.75, 3.05) is 25.0 Å². The highest BCUT2D eigenvalue weighted by Gasteiger charge is 2.23. The van der Waals surface area contributed by atoms with Crippen LogP contribution in [-0.4, -0.2) is 51.8 Å². The average molecular weight is 293 g/mol. The van der Waals surface area contributed by atoms with E-state index in [2.05, 4.69) is 10.3 Å². The van der Waals surface area contributed by atoms with E-state index in [9.17, 15) is 9.59 Å². The molecule has 1 aromatic rings. The Kier molecular flexibility index (Phi) is 5.10. The third-order valence-corrected chi connectivity index (χ3v) is 3.47. The molecule has 7 nitrogen and oxygen atoms in total. The smallest absolute Gasteiger partial charge is 0.321 e. The average Bonchev–Trinajstić information content (AvgIpc) is 2.49. The predicted molar refractivity (Wildman–Crippen MR) is 76.0 cm³/mol. The molecule has 2 amide bonds. The molecule has 1 aliphatic rings. The van der Waals surface area contributed by atoms with Crippen molar-refractivity contribution in [1.29, 1.82) is 0 Å². The lowest BCUT2D eigenvalue weighted by Gasteiger charge is -2.31. The molecule has 2 heterocycles. The van der Waals surface area contributed by atoms with Gasteiger partial charge in [0.2, 0.25) is 0 Å². The lowest BCUT2D eigenvalue weighted by atomic mass is 9.99. The molecule has 0 spiro atoms. The van der Waals surface area contributed by atoms with Crippen LogP contribution in [0.1, 0.15) is 18.5 Å². The van der Waals surface area contributed by atoms with Crippen molar-refractivity contribution in [3.05, 3.63) is 24.0 Å². The highest BCUT2D eigenvalue weighted by molar-refractivity contribution is 5.89. The van der Waals surface area contributed by atoms with Crippen LogP contribution in [0.4, 0.5) is 10.5 Å². The maximum absolute atomic E-state index is 12.1. The van der Waals surface area contributed by atoms with Crippen molar-refractivity contribution in [3.63, 3.8) is 0 Å². The minimum Gasteiger partial charge on any atom is -0.481 e. The van der Waals surface area contributed by atoms with Crippen molar-refractivity contribution < 1.29 is 19.8 Å². The highest BCUT2D eigenvalue weighted by atomic mass is 16.4. The molecule has 7 heteroatoms. The van der Waals surface area contributed by atoms with Crippen LogP contribution in [-0.2, 0) is 11.2 Å². The number of urea groups is 1. The van der Waals surface area contributed by atoms with Gasteiger partial charge in [0, 0.05) is 19.7 Å². The number of pyridine rings is 1. The molecule has 3 N–H and O–H groups in total. The Hall–Kier alpha value is -2.15. The van der Waals surface area contributed by atoms with Crippen LogP contribution in [0.15, 0.2) is 18.3 Å². The summed E-state index contributed by atoms with van der Waals surface area (Å²) in [5.74, 6) is -0.803. The zero-order valence-electron chi connectivity index (χ0n) is 11.7. The number of aliphatic hydroxyl groups excluding tert-OH is 1. The molecule has 1 atom stereocenters. The molecule has 0 saturated carbocycles. The number of likely N-dealkylation sites (tertiary alicyclic amines) is 1. The van der Waals surface area contributed by atoms with Gasteiger partial charge in [-0.1, -0.05) is 0 Å². The largest absolute Gasteiger partial charge is 0.481 e. The van der Waals surface area contributed by atoms with Gasteiger partial charge >= 0.3 is 12.0 Å². The first-order valence-electron chi connectivity index (χ1n) is 6.92. The monoisotopic (exact) mass is 293 g/mol. The Morgan fingerprint density at radius 1 is 1.43 bits per heavy atom. The van der Waals surface area contributed by atoms with Crippen molar-refractivity contribution in [1.82, 2.24) is 9.88 Å². The van der Waals surface area contributed by atoms with E-state index >= 15 is 0 Å². The summed E-state index contributed by atoms with van der Waals surface area (Å²) in [7, 11) is 0. The number of anilines is 1. The molecule has 2 rings (SSSR count). The Morgan fingerprint density at radius 3 is 2.86 bits per heavy atom. The van der Waals surface area contributed by atoms with E-state index < -0.39 is 5.97 Å². The number of hydrogen-bond acceptors (Lipinski definition) is 4. The van der Waals surface area contributed by atoms with Gasteiger partial charge in [0.05, 0.1) is 24.0 Å². The number of rotatable bonds is 4. The summed E-state index contributed by atoms with van der Waals surface area (Å²) in [5, 5.41) is 20.6. The summed E-state index contributed by atoms with van der Waals surface area (Å²) in [6, 6.07) is 2.99. The molecule has 21 heavy (non-hydrogen) atoms. The van der Waals surface area contributed by atoms with Crippen LogP contribution < -0.4 is 5.32 Å². The van der Waals surface area contributed by atoms with E-state index in [-0.39, 0.29) is 25.0 Å². The first-order valence-corrected chi connectivity index (χ1v) is 6.92. The van der Waals surface area contributed by atoms with Gasteiger partial charge in [0.1, 0.15) is 0 Å². The SMILES string of the molecule is O=C(O)Cc1ccc(NC(=O)N2CCCC(CO)C2)cn1. The van der Waals surface area contributed by atoms with E-state index in [1.54, 1.807) is 17.0 Å². The molecule has 1 saturated heterocycles. The van der Waals surface area contributed by atoms with Gasteiger partial charge in [-0.2, -0.15) is 0 Å². The highest BCUT2D eigenvalue weighted by Crippen LogP contribution is 2.17. The van der Waals surface area contributed by atoms with Crippen LogP contribution in [0.5, 0.6) is 0 Å². The summed E-state index contributed by atoms with van der Waals surface area (Å²) in [6.07, 6.45) is 3.13. The molecule has 0 bridgehead atoms. The number of aliphatic hydroxyl groups is 1. The van der Waals surface area contributed by atoms with Gasteiger partial charge in [0.25, 0.3) is 0 Å². The van der Waals surface area contributed by atoms with Gasteiger partial charge < -0.3 is 20.4 Å². The second kappa shape index (κ2) is 7.03. The molecule has 1 aliphatic heterocycles. The Bertz CT molecular complexity index is 503. The number of carboxylic acid groups (broad SMARTS) is 1. The van der Waals surface area contributed by atoms with E-state index in [1.165, 1.54) is 6.20 Å². The maximum Gasteiger partial charge on any atom is 0.321 e. The first kappa shape index (κ1) is 15.2. The fraction of sp³-hybridized carbons (Fsp3) is 0.500. The number of carbonyl (C=O) groups excluding carboxylic acids is 1. The second-order valence-corrected chi connectivity index (χ2v) is 5.18. The summed E-state index contributed by atoms with van der Waals surface area (Å²) >= 11 is 0. The summed E-state index contributed by atoms with van der Waals surface area (Å²) in [6.45, 7) is 1.31. The van der Waals surface area contributed by atoms with Crippen LogP contribution in [0.25, 0.3) is 0 Å². The van der Waals surface area contributed by atoms with E-state index in [0.29, 0.717) is 24.5 Å². The van der Waals surface area contributed by atoms with Crippen molar-refractivity contribution >= 4 is 17.7 Å². The zero-order valence-corrected chi connectivity index (χ0v) is 11.7. The van der Waals surface area contributed by atoms with Gasteiger partial charge in [-0.3, -0.25) is 9.78 Å². The number of aliphatic carboxylic acids is 1. The van der Waals surface area contributed by atoms with Gasteiger partial charge in [0.15, 0.2) is 0 Å². The number of nitrogens with one attached hydrogen (secondary N) is 1. The fourth-order valence-electron chi connectivity index (χ4n) is 2.36. The van der Waals surface area contributed by atoms with Crippen molar-refractivity contribution in [2.45, 2.75) is 19.3 Å². The third kappa shape index (κ3) is 4.42. The summed E-state index contributed by atoms with van der Waals surface area (Å²) < 4.78 is 0. The van der Waals surface area contributed by atoms with Crippen molar-refractivity contribution in [2.24, 2.45) is 5.92 Å². The number of aromatic nitrogens is 1. The predicted octanol–water partition coefficient (Wildman–Crippen LogP) is 0.945. The number of carboxylic acids is 1. The minimum absolute atomic E-state index is 0.0925. The molecule has 0 aromatic carbocycles. The molecule has 1 aromatic heterocycles. The molecule has 1 fully saturated rings. The topological polar surface area (TPSA) is 103 Å². The Balaban J connectivity index is 1.91. The maximum atomic E-state index is 12.1. The number of amides is 2. The number of hydrogen-bond donors (Lipinski definition) is 3. The zero-order chi connectivity index (χ0) is 15.2. The first-order chi connectivity index (χ1) is 10.1. The minimum atomic E-state index is -0.942. The van der Waals surface area contributed by atoms with Gasteiger partial charge in [-0.05, 0) is 30.9 Å². The van der Waals surface area contributed by atoms with Gasteiger partial charge in [-0.15, -0.1) is 0 Å². The van der Waals surface area contributed by atoms with Crippen molar-refractivity contribution in [3.8, 4) is 0 Å². The normalized spacial score (nSPS) is 18.3. The molecule has 114 valence electrons. The van der Waals surface area contributed by atoms with Crippen LogP contribution in [0.2, 0.25) is 0 Å². The van der Waals surface area contributed by atoms with Gasteiger partial charge in [-0.25, -0.2) is 4.79 Å². The summed E-state index contributed by atoms with van der Waals surface area (Å²) in [5.41, 5.74) is 0.971. The standard InChI is InChI=1S/C14H19N3O4/c18-9-10-2-1-5-17(8-10)14(21)16-12-4-3-11(15-7-12)6-13(19)20/h3-4,7,10,18H,1-2,5-6,8-9H2,(H,16,21)(H,19,20). The van der Waals surface area contributed by atoms with E-state index in [4.69, 9.17) is 10.2 Å². The Morgan fingerprint density at radius 2 is 2.24 bits per heavy atom.